The Balaban J connectivity index is 2.20. The van der Waals surface area contributed by atoms with Crippen LogP contribution in [-0.2, 0) is 4.79 Å². The molecule has 20 heavy (non-hydrogen) atoms. The molecule has 0 aliphatic carbocycles. The second-order valence-corrected chi connectivity index (χ2v) is 5.92. The quantitative estimate of drug-likeness (QED) is 0.792. The van der Waals surface area contributed by atoms with Gasteiger partial charge in [0.05, 0.1) is 23.6 Å². The van der Waals surface area contributed by atoms with Crippen molar-refractivity contribution in [3.8, 4) is 0 Å². The minimum absolute atomic E-state index is 0.0941. The van der Waals surface area contributed by atoms with E-state index in [9.17, 15) is 4.79 Å². The van der Waals surface area contributed by atoms with Crippen LogP contribution in [0.1, 0.15) is 5.56 Å². The molecule has 1 heterocycles. The summed E-state index contributed by atoms with van der Waals surface area (Å²) in [5.41, 5.74) is 4.04. The summed E-state index contributed by atoms with van der Waals surface area (Å²) in [5, 5.41) is 0. The molecule has 3 rings (SSSR count). The van der Waals surface area contributed by atoms with Gasteiger partial charge in [0.15, 0.2) is 0 Å². The first kappa shape index (κ1) is 13.2. The number of rotatable bonds is 1. The maximum atomic E-state index is 12.5. The van der Waals surface area contributed by atoms with Crippen LogP contribution in [-0.4, -0.2) is 19.5 Å². The van der Waals surface area contributed by atoms with Crippen molar-refractivity contribution in [3.05, 3.63) is 52.5 Å². The Kier molecular flexibility index (Phi) is 3.26. The van der Waals surface area contributed by atoms with E-state index in [1.165, 1.54) is 0 Å². The van der Waals surface area contributed by atoms with Gasteiger partial charge in [-0.25, -0.2) is 0 Å². The number of amides is 1. The average molecular weight is 331 g/mol. The minimum atomic E-state index is 0.0941. The number of hydrogen-bond acceptors (Lipinski definition) is 2. The number of carbonyl (C=O) groups is 1. The Hall–Kier alpha value is -1.81. The SMILES string of the molecule is Cc1ccccc1N1C(=O)CN(C)c2cc(Br)ccc21. The van der Waals surface area contributed by atoms with Crippen molar-refractivity contribution in [1.29, 1.82) is 0 Å². The number of likely N-dealkylation sites (N-methyl/N-ethyl adjacent to an activating group) is 1. The Morgan fingerprint density at radius 1 is 1.05 bits per heavy atom. The third kappa shape index (κ3) is 2.10. The van der Waals surface area contributed by atoms with Gasteiger partial charge in [0.1, 0.15) is 0 Å². The second-order valence-electron chi connectivity index (χ2n) is 5.00. The topological polar surface area (TPSA) is 23.6 Å². The Bertz CT molecular complexity index is 684. The fourth-order valence-electron chi connectivity index (χ4n) is 2.56. The van der Waals surface area contributed by atoms with Crippen LogP contribution < -0.4 is 9.80 Å². The molecule has 0 fully saturated rings. The monoisotopic (exact) mass is 330 g/mol. The van der Waals surface area contributed by atoms with Crippen molar-refractivity contribution >= 4 is 38.9 Å². The summed E-state index contributed by atoms with van der Waals surface area (Å²) in [4.78, 5) is 16.3. The van der Waals surface area contributed by atoms with Crippen LogP contribution in [0.5, 0.6) is 0 Å². The fraction of sp³-hybridized carbons (Fsp3) is 0.188. The van der Waals surface area contributed by atoms with Gasteiger partial charge in [-0.05, 0) is 36.8 Å². The molecule has 0 radical (unpaired) electrons. The van der Waals surface area contributed by atoms with Crippen LogP contribution in [0.15, 0.2) is 46.9 Å². The number of halogens is 1. The van der Waals surface area contributed by atoms with E-state index >= 15 is 0 Å². The Morgan fingerprint density at radius 3 is 2.55 bits per heavy atom. The molecule has 4 heteroatoms. The molecule has 1 aliphatic rings. The summed E-state index contributed by atoms with van der Waals surface area (Å²) in [6.07, 6.45) is 0. The Morgan fingerprint density at radius 2 is 1.80 bits per heavy atom. The summed E-state index contributed by atoms with van der Waals surface area (Å²) < 4.78 is 1.02. The number of fused-ring (bicyclic) bond motifs is 1. The lowest BCUT2D eigenvalue weighted by Gasteiger charge is -2.36. The van der Waals surface area contributed by atoms with Gasteiger partial charge in [0, 0.05) is 11.5 Å². The van der Waals surface area contributed by atoms with Gasteiger partial charge in [-0.2, -0.15) is 0 Å². The lowest BCUT2D eigenvalue weighted by Crippen LogP contribution is -2.41. The van der Waals surface area contributed by atoms with Crippen molar-refractivity contribution in [2.75, 3.05) is 23.4 Å². The molecule has 0 aromatic heterocycles. The summed E-state index contributed by atoms with van der Waals surface area (Å²) in [6, 6.07) is 14.0. The summed E-state index contributed by atoms with van der Waals surface area (Å²) >= 11 is 3.49. The summed E-state index contributed by atoms with van der Waals surface area (Å²) in [6.45, 7) is 2.41. The highest BCUT2D eigenvalue weighted by Gasteiger charge is 2.29. The first-order valence-corrected chi connectivity index (χ1v) is 7.26. The standard InChI is InChI=1S/C16H15BrN2O/c1-11-5-3-4-6-13(11)19-14-8-7-12(17)9-15(14)18(2)10-16(19)20/h3-9H,10H2,1-2H3. The molecule has 2 aromatic carbocycles. The minimum Gasteiger partial charge on any atom is -0.364 e. The number of anilines is 3. The van der Waals surface area contributed by atoms with Crippen LogP contribution >= 0.6 is 15.9 Å². The zero-order chi connectivity index (χ0) is 14.3. The Labute approximate surface area is 126 Å². The molecular formula is C16H15BrN2O. The average Bonchev–Trinajstić information content (AvgIpc) is 2.41. The van der Waals surface area contributed by atoms with Crippen molar-refractivity contribution in [1.82, 2.24) is 0 Å². The largest absolute Gasteiger partial charge is 0.364 e. The van der Waals surface area contributed by atoms with E-state index in [0.717, 1.165) is 27.1 Å². The number of hydrogen-bond donors (Lipinski definition) is 0. The van der Waals surface area contributed by atoms with E-state index in [-0.39, 0.29) is 5.91 Å². The molecule has 2 aromatic rings. The number of carbonyl (C=O) groups excluding carboxylic acids is 1. The number of benzene rings is 2. The van der Waals surface area contributed by atoms with E-state index in [1.807, 2.05) is 66.2 Å². The van der Waals surface area contributed by atoms with Crippen LogP contribution in [0.4, 0.5) is 17.1 Å². The predicted molar refractivity (Wildman–Crippen MR) is 85.7 cm³/mol. The summed E-state index contributed by atoms with van der Waals surface area (Å²) in [5.74, 6) is 0.0941. The van der Waals surface area contributed by atoms with Gasteiger partial charge in [-0.15, -0.1) is 0 Å². The lowest BCUT2D eigenvalue weighted by molar-refractivity contribution is -0.116. The van der Waals surface area contributed by atoms with E-state index < -0.39 is 0 Å². The molecule has 0 saturated heterocycles. The fourth-order valence-corrected chi connectivity index (χ4v) is 2.91. The normalized spacial score (nSPS) is 14.4. The molecule has 0 N–H and O–H groups in total. The highest BCUT2D eigenvalue weighted by molar-refractivity contribution is 9.10. The molecule has 0 bridgehead atoms. The molecular weight excluding hydrogens is 316 g/mol. The number of nitrogens with zero attached hydrogens (tertiary/aromatic N) is 2. The zero-order valence-electron chi connectivity index (χ0n) is 11.4. The van der Waals surface area contributed by atoms with Crippen LogP contribution in [0, 0.1) is 6.92 Å². The molecule has 0 unspecified atom stereocenters. The molecule has 1 amide bonds. The van der Waals surface area contributed by atoms with Crippen LogP contribution in [0.25, 0.3) is 0 Å². The molecule has 1 aliphatic heterocycles. The molecule has 3 nitrogen and oxygen atoms in total. The molecule has 0 saturated carbocycles. The van der Waals surface area contributed by atoms with Gasteiger partial charge >= 0.3 is 0 Å². The van der Waals surface area contributed by atoms with Crippen molar-refractivity contribution in [2.45, 2.75) is 6.92 Å². The lowest BCUT2D eigenvalue weighted by atomic mass is 10.1. The van der Waals surface area contributed by atoms with Gasteiger partial charge < -0.3 is 4.90 Å². The highest BCUT2D eigenvalue weighted by atomic mass is 79.9. The zero-order valence-corrected chi connectivity index (χ0v) is 13.0. The van der Waals surface area contributed by atoms with Crippen molar-refractivity contribution < 1.29 is 4.79 Å². The van der Waals surface area contributed by atoms with Gasteiger partial charge in [0.25, 0.3) is 5.91 Å². The van der Waals surface area contributed by atoms with E-state index in [2.05, 4.69) is 15.9 Å². The maximum absolute atomic E-state index is 12.5. The summed E-state index contributed by atoms with van der Waals surface area (Å²) in [7, 11) is 1.94. The third-order valence-electron chi connectivity index (χ3n) is 3.57. The molecule has 0 spiro atoms. The first-order chi connectivity index (χ1) is 9.58. The smallest absolute Gasteiger partial charge is 0.251 e. The predicted octanol–water partition coefficient (Wildman–Crippen LogP) is 3.87. The molecule has 102 valence electrons. The first-order valence-electron chi connectivity index (χ1n) is 6.47. The number of aryl methyl sites for hydroxylation is 1. The van der Waals surface area contributed by atoms with E-state index in [0.29, 0.717) is 6.54 Å². The van der Waals surface area contributed by atoms with Gasteiger partial charge in [0.2, 0.25) is 0 Å². The number of para-hydroxylation sites is 1. The van der Waals surface area contributed by atoms with Crippen molar-refractivity contribution in [3.63, 3.8) is 0 Å². The molecule has 0 atom stereocenters. The van der Waals surface area contributed by atoms with Crippen LogP contribution in [0.3, 0.4) is 0 Å². The van der Waals surface area contributed by atoms with Gasteiger partial charge in [-0.1, -0.05) is 34.1 Å². The van der Waals surface area contributed by atoms with Crippen LogP contribution in [0.2, 0.25) is 0 Å². The van der Waals surface area contributed by atoms with Crippen molar-refractivity contribution in [2.24, 2.45) is 0 Å². The van der Waals surface area contributed by atoms with Gasteiger partial charge in [-0.3, -0.25) is 9.69 Å². The highest BCUT2D eigenvalue weighted by Crippen LogP contribution is 2.40. The third-order valence-corrected chi connectivity index (χ3v) is 4.06. The maximum Gasteiger partial charge on any atom is 0.251 e. The second kappa shape index (κ2) is 4.94. The van der Waals surface area contributed by atoms with E-state index in [4.69, 9.17) is 0 Å². The van der Waals surface area contributed by atoms with E-state index in [1.54, 1.807) is 0 Å².